The number of nitrogens with one attached hydrogen (secondary N) is 2. The van der Waals surface area contributed by atoms with E-state index in [9.17, 15) is 9.59 Å². The van der Waals surface area contributed by atoms with Crippen molar-refractivity contribution in [1.29, 1.82) is 0 Å². The number of hydrogen-bond donors (Lipinski definition) is 2. The molecule has 2 N–H and O–H groups in total. The first-order valence-corrected chi connectivity index (χ1v) is 15.5. The van der Waals surface area contributed by atoms with Gasteiger partial charge in [-0.25, -0.2) is 0 Å². The fourth-order valence-corrected chi connectivity index (χ4v) is 4.75. The second-order valence-corrected chi connectivity index (χ2v) is 12.4. The summed E-state index contributed by atoms with van der Waals surface area (Å²) in [5, 5.41) is 16.1. The molecular weight excluding hydrogens is 719 g/mol. The first kappa shape index (κ1) is 42.3. The summed E-state index contributed by atoms with van der Waals surface area (Å²) in [7, 11) is 0. The maximum absolute atomic E-state index is 12.5. The van der Waals surface area contributed by atoms with Crippen molar-refractivity contribution in [2.45, 2.75) is 55.4 Å². The molecule has 0 bridgehead atoms. The Morgan fingerprint density at radius 3 is 1.30 bits per heavy atom. The number of carbonyl (C=O) groups is 2. The molecule has 0 unspecified atom stereocenters. The largest absolute Gasteiger partial charge is 3.00 e. The van der Waals surface area contributed by atoms with Crippen LogP contribution in [0.25, 0.3) is 10.6 Å². The molecule has 0 aromatic rings. The molecule has 2 aliphatic rings. The normalized spacial score (nSPS) is 16.7. The Balaban J connectivity index is 0.00000924. The fourth-order valence-electron chi connectivity index (χ4n) is 4.75. The van der Waals surface area contributed by atoms with Gasteiger partial charge < -0.3 is 55.0 Å². The van der Waals surface area contributed by atoms with Crippen LogP contribution in [0.5, 0.6) is 0 Å². The minimum absolute atomic E-state index is 0. The quantitative estimate of drug-likeness (QED) is 0.0906. The van der Waals surface area contributed by atoms with Gasteiger partial charge in [-0.1, -0.05) is 27.7 Å². The van der Waals surface area contributed by atoms with Gasteiger partial charge in [-0.2, -0.15) is 13.1 Å². The van der Waals surface area contributed by atoms with E-state index in [0.717, 1.165) is 63.8 Å². The van der Waals surface area contributed by atoms with Gasteiger partial charge in [0.1, 0.15) is 0 Å². The van der Waals surface area contributed by atoms with Crippen molar-refractivity contribution in [2.24, 2.45) is 10.8 Å². The molecule has 0 aromatic heterocycles. The van der Waals surface area contributed by atoms with Gasteiger partial charge in [-0.3, -0.25) is 9.59 Å². The van der Waals surface area contributed by atoms with Gasteiger partial charge in [0.15, 0.2) is 11.6 Å². The van der Waals surface area contributed by atoms with Crippen LogP contribution < -0.4 is 34.6 Å². The summed E-state index contributed by atoms with van der Waals surface area (Å²) in [6, 6.07) is 0. The summed E-state index contributed by atoms with van der Waals surface area (Å²) in [5.41, 5.74) is 3.22. The standard InChI is InChI=1S/C34H54N6O2.Ga.HI/c1-9-39(10-2)29-15-13-27(31(41)19-29)21-37-25-33(5,6)23-35-17-18-36-24-34(7,8)26-38-22-28-14-16-30(20-32(28)42)40(11-3)12-4;;/h13-16,19-22,37-38H,9-12,17-18,23-26H2,1-8H3;;1H/q-2;+3;/p-1/b27-21-,28-22+;;/i;1-2;. The minimum atomic E-state index is -0.0380. The first-order chi connectivity index (χ1) is 19.9. The van der Waals surface area contributed by atoms with Gasteiger partial charge in [-0.05, 0) is 62.8 Å². The number of rotatable bonds is 19. The van der Waals surface area contributed by atoms with Crippen molar-refractivity contribution in [2.75, 3.05) is 65.4 Å². The third kappa shape index (κ3) is 14.6. The SMILES string of the molecule is CCN(CC)C1=CC(=O)/C(=C\NCC(C)(C)C[N-]CC[N-]CC(C)(C)CN/C=C2\C=CC(N(CC)CC)=CC2=O)C=C1.[68Ga+3].[I-]. The van der Waals surface area contributed by atoms with Gasteiger partial charge in [0.25, 0.3) is 0 Å². The molecule has 0 atom stereocenters. The van der Waals surface area contributed by atoms with Crippen LogP contribution in [-0.2, 0) is 9.59 Å². The predicted molar refractivity (Wildman–Crippen MR) is 182 cm³/mol. The van der Waals surface area contributed by atoms with E-state index < -0.39 is 0 Å². The van der Waals surface area contributed by atoms with Gasteiger partial charge in [0, 0.05) is 86.4 Å². The average molecular weight is 774 g/mol. The molecule has 0 fully saturated rings. The Bertz CT molecular complexity index is 1010. The van der Waals surface area contributed by atoms with Crippen LogP contribution >= 0.6 is 0 Å². The smallest absolute Gasteiger partial charge is 1.00 e. The van der Waals surface area contributed by atoms with E-state index in [1.807, 2.05) is 36.7 Å². The van der Waals surface area contributed by atoms with E-state index in [1.54, 1.807) is 12.2 Å². The van der Waals surface area contributed by atoms with E-state index in [4.69, 9.17) is 10.6 Å². The number of likely N-dealkylation sites (N-methyl/N-ethyl adjacent to an activating group) is 2. The van der Waals surface area contributed by atoms with Gasteiger partial charge >= 0.3 is 19.8 Å². The number of hydrogen-bond acceptors (Lipinski definition) is 6. The van der Waals surface area contributed by atoms with E-state index in [-0.39, 0.29) is 66.2 Å². The van der Waals surface area contributed by atoms with Crippen LogP contribution in [-0.4, -0.2) is 107 Å². The van der Waals surface area contributed by atoms with Crippen LogP contribution in [0, 0.1) is 10.8 Å². The molecule has 8 nitrogen and oxygen atoms in total. The van der Waals surface area contributed by atoms with Gasteiger partial charge in [0.2, 0.25) is 0 Å². The van der Waals surface area contributed by atoms with Crippen molar-refractivity contribution in [3.8, 4) is 0 Å². The van der Waals surface area contributed by atoms with E-state index in [1.165, 1.54) is 0 Å². The molecule has 0 spiro atoms. The van der Waals surface area contributed by atoms with E-state index >= 15 is 0 Å². The predicted octanol–water partition coefficient (Wildman–Crippen LogP) is 2.09. The molecule has 44 heavy (non-hydrogen) atoms. The molecule has 0 saturated carbocycles. The van der Waals surface area contributed by atoms with Gasteiger partial charge in [0.05, 0.1) is 0 Å². The number of nitrogens with zero attached hydrogens (tertiary/aromatic N) is 4. The molecule has 0 saturated heterocycles. The Labute approximate surface area is 297 Å². The second kappa shape index (κ2) is 21.1. The van der Waals surface area contributed by atoms with Crippen molar-refractivity contribution in [3.63, 3.8) is 0 Å². The van der Waals surface area contributed by atoms with Crippen LogP contribution in [0.4, 0.5) is 0 Å². The Hall–Kier alpha value is -1.73. The average Bonchev–Trinajstić information content (AvgIpc) is 2.94. The van der Waals surface area contributed by atoms with Crippen LogP contribution in [0.3, 0.4) is 0 Å². The Morgan fingerprint density at radius 2 is 1.00 bits per heavy atom. The molecule has 0 radical (unpaired) electrons. The van der Waals surface area contributed by atoms with E-state index in [0.29, 0.717) is 24.2 Å². The topological polar surface area (TPSA) is 92.9 Å². The van der Waals surface area contributed by atoms with Crippen molar-refractivity contribution < 1.29 is 33.6 Å². The van der Waals surface area contributed by atoms with Crippen molar-refractivity contribution in [3.05, 3.63) is 82.0 Å². The number of ketones is 2. The van der Waals surface area contributed by atoms with Gasteiger partial charge in [-0.15, -0.1) is 13.1 Å². The van der Waals surface area contributed by atoms with Crippen LogP contribution in [0.15, 0.2) is 71.4 Å². The monoisotopic (exact) mass is 773 g/mol. The molecule has 0 aliphatic heterocycles. The van der Waals surface area contributed by atoms with Crippen LogP contribution in [0.2, 0.25) is 0 Å². The summed E-state index contributed by atoms with van der Waals surface area (Å²) in [5.74, 6) is 0.0680. The molecule has 0 heterocycles. The summed E-state index contributed by atoms with van der Waals surface area (Å²) in [4.78, 5) is 29.4. The molecule has 0 amide bonds. The summed E-state index contributed by atoms with van der Waals surface area (Å²) >= 11 is 0. The summed E-state index contributed by atoms with van der Waals surface area (Å²) in [6.07, 6.45) is 14.9. The molecular formula is C34H54GaIN6O2. The zero-order valence-corrected chi connectivity index (χ0v) is 32.8. The number of halogens is 1. The first-order valence-electron chi connectivity index (χ1n) is 15.5. The third-order valence-electron chi connectivity index (χ3n) is 7.42. The molecule has 242 valence electrons. The summed E-state index contributed by atoms with van der Waals surface area (Å²) < 4.78 is 0. The second-order valence-electron chi connectivity index (χ2n) is 12.4. The minimum Gasteiger partial charge on any atom is -1.00 e. The maximum Gasteiger partial charge on any atom is 3.00 e. The fraction of sp³-hybridized carbons (Fsp3) is 0.588. The maximum atomic E-state index is 12.5. The molecule has 2 aliphatic carbocycles. The van der Waals surface area contributed by atoms with Crippen molar-refractivity contribution >= 4 is 31.4 Å². The number of carbonyl (C=O) groups excluding carboxylic acids is 2. The van der Waals surface area contributed by atoms with Crippen molar-refractivity contribution in [1.82, 2.24) is 20.4 Å². The zero-order chi connectivity index (χ0) is 31.2. The molecule has 10 heteroatoms. The van der Waals surface area contributed by atoms with E-state index in [2.05, 4.69) is 75.8 Å². The zero-order valence-electron chi connectivity index (χ0n) is 28.3. The Morgan fingerprint density at radius 1 is 0.659 bits per heavy atom. The molecule has 0 aromatic carbocycles. The Kier molecular flexibility index (Phi) is 20.3. The summed E-state index contributed by atoms with van der Waals surface area (Å²) in [6.45, 7) is 24.9. The van der Waals surface area contributed by atoms with Crippen LogP contribution in [0.1, 0.15) is 55.4 Å². The third-order valence-corrected chi connectivity index (χ3v) is 7.42. The number of allylic oxidation sites excluding steroid dienone is 8. The molecule has 2 rings (SSSR count).